The zero-order valence-corrected chi connectivity index (χ0v) is 49.7. The SMILES string of the molecule is CC/C=C\C/C=C\C/C=C\C/C=C\C/C=C\C/C=C\C/C=C\CCCCCCCCCCCCCC(=O)OC(CO)COC(=O)CCCCCCCCCCCCCCCC/C=C\C/C=C\C/C=C\CCCCCCC. The smallest absolute Gasteiger partial charge is 0.306 e. The molecule has 1 atom stereocenters. The quantitative estimate of drug-likeness (QED) is 0.0373. The number of carbonyl (C=O) groups excluding carboxylic acids is 2. The molecule has 0 amide bonds. The van der Waals surface area contributed by atoms with Gasteiger partial charge in [-0.05, 0) is 109 Å². The first kappa shape index (κ1) is 72.3. The standard InChI is InChI=1S/C71H120O5/c1-3-5-7-9-11-13-15-17-19-21-23-25-27-29-31-33-34-35-36-38-40-42-44-46-48-50-52-54-56-58-60-62-64-66-71(74)76-69(67-72)68-75-70(73)65-63-61-59-57-55-53-51-49-47-45-43-41-39-37-32-30-28-26-24-22-20-18-16-14-12-10-8-6-4-2/h5,7,11,13,16-19,22-25,28-31,34-35,38,40,69,72H,3-4,6,8-10,12,14-15,20-21,26-27,32-33,36-37,39,41-68H2,1-2H3/b7-5-,13-11-,18-16-,19-17-,24-22-,25-23-,30-28-,31-29-,35-34-,40-38-. The average Bonchev–Trinajstić information content (AvgIpc) is 3.42. The van der Waals surface area contributed by atoms with Gasteiger partial charge in [0.25, 0.3) is 0 Å². The molecule has 0 aromatic heterocycles. The predicted molar refractivity (Wildman–Crippen MR) is 334 cm³/mol. The summed E-state index contributed by atoms with van der Waals surface area (Å²) in [5, 5.41) is 9.69. The number of hydrogen-bond acceptors (Lipinski definition) is 5. The van der Waals surface area contributed by atoms with E-state index in [0.29, 0.717) is 12.8 Å². The third-order valence-corrected chi connectivity index (χ3v) is 13.7. The van der Waals surface area contributed by atoms with Crippen molar-refractivity contribution in [2.24, 2.45) is 0 Å². The van der Waals surface area contributed by atoms with Crippen molar-refractivity contribution in [3.8, 4) is 0 Å². The molecule has 0 rings (SSSR count). The van der Waals surface area contributed by atoms with E-state index >= 15 is 0 Å². The Morgan fingerprint density at radius 3 is 0.855 bits per heavy atom. The maximum absolute atomic E-state index is 12.3. The Morgan fingerprint density at radius 2 is 0.566 bits per heavy atom. The molecule has 0 heterocycles. The molecule has 0 aromatic rings. The summed E-state index contributed by atoms with van der Waals surface area (Å²) in [5.74, 6) is -0.592. The number of hydrogen-bond donors (Lipinski definition) is 1. The molecule has 0 saturated carbocycles. The van der Waals surface area contributed by atoms with E-state index in [2.05, 4.69) is 135 Å². The second-order valence-corrected chi connectivity index (χ2v) is 21.1. The molecule has 0 saturated heterocycles. The van der Waals surface area contributed by atoms with Crippen LogP contribution in [0.15, 0.2) is 122 Å². The van der Waals surface area contributed by atoms with Gasteiger partial charge >= 0.3 is 11.9 Å². The van der Waals surface area contributed by atoms with Gasteiger partial charge in [-0.1, -0.05) is 296 Å². The molecule has 0 aliphatic heterocycles. The summed E-state index contributed by atoms with van der Waals surface area (Å²) in [5.41, 5.74) is 0. The van der Waals surface area contributed by atoms with E-state index in [1.165, 1.54) is 173 Å². The molecule has 5 heteroatoms. The first-order valence-corrected chi connectivity index (χ1v) is 32.1. The Morgan fingerprint density at radius 1 is 0.316 bits per heavy atom. The van der Waals surface area contributed by atoms with Crippen molar-refractivity contribution in [1.82, 2.24) is 0 Å². The number of esters is 2. The average molecular weight is 1050 g/mol. The van der Waals surface area contributed by atoms with E-state index in [-0.39, 0.29) is 25.2 Å². The van der Waals surface area contributed by atoms with Crippen molar-refractivity contribution in [1.29, 1.82) is 0 Å². The highest BCUT2D eigenvalue weighted by atomic mass is 16.6. The maximum Gasteiger partial charge on any atom is 0.306 e. The molecule has 0 radical (unpaired) electrons. The fourth-order valence-corrected chi connectivity index (χ4v) is 8.96. The third kappa shape index (κ3) is 62.8. The van der Waals surface area contributed by atoms with E-state index in [9.17, 15) is 14.7 Å². The summed E-state index contributed by atoms with van der Waals surface area (Å²) >= 11 is 0. The van der Waals surface area contributed by atoms with Crippen LogP contribution in [0.4, 0.5) is 0 Å². The minimum atomic E-state index is -0.782. The Balaban J connectivity index is 3.52. The Bertz CT molecular complexity index is 1520. The van der Waals surface area contributed by atoms with Crippen LogP contribution >= 0.6 is 0 Å². The normalized spacial score (nSPS) is 13.0. The molecule has 434 valence electrons. The highest BCUT2D eigenvalue weighted by Gasteiger charge is 2.16. The van der Waals surface area contributed by atoms with Crippen LogP contribution in [0.1, 0.15) is 296 Å². The minimum absolute atomic E-state index is 0.0717. The van der Waals surface area contributed by atoms with Gasteiger partial charge in [-0.15, -0.1) is 0 Å². The van der Waals surface area contributed by atoms with Crippen molar-refractivity contribution in [2.45, 2.75) is 302 Å². The lowest BCUT2D eigenvalue weighted by Gasteiger charge is -2.15. The highest BCUT2D eigenvalue weighted by Crippen LogP contribution is 2.16. The lowest BCUT2D eigenvalue weighted by molar-refractivity contribution is -0.161. The van der Waals surface area contributed by atoms with Crippen molar-refractivity contribution in [3.63, 3.8) is 0 Å². The maximum atomic E-state index is 12.3. The zero-order chi connectivity index (χ0) is 54.8. The number of rotatable bonds is 58. The van der Waals surface area contributed by atoms with Crippen LogP contribution in [0.25, 0.3) is 0 Å². The van der Waals surface area contributed by atoms with Crippen LogP contribution in [0.3, 0.4) is 0 Å². The summed E-state index contributed by atoms with van der Waals surface area (Å²) in [6.07, 6.45) is 96.2. The predicted octanol–water partition coefficient (Wildman–Crippen LogP) is 22.2. The van der Waals surface area contributed by atoms with Crippen LogP contribution in [0.5, 0.6) is 0 Å². The summed E-state index contributed by atoms with van der Waals surface area (Å²) < 4.78 is 10.7. The van der Waals surface area contributed by atoms with Gasteiger partial charge in [0.05, 0.1) is 6.61 Å². The molecule has 76 heavy (non-hydrogen) atoms. The summed E-state index contributed by atoms with van der Waals surface area (Å²) in [4.78, 5) is 24.6. The van der Waals surface area contributed by atoms with E-state index < -0.39 is 6.10 Å². The Kier molecular flexibility index (Phi) is 62.4. The van der Waals surface area contributed by atoms with Gasteiger partial charge in [0.15, 0.2) is 6.10 Å². The number of allylic oxidation sites excluding steroid dienone is 20. The van der Waals surface area contributed by atoms with Crippen LogP contribution in [-0.2, 0) is 19.1 Å². The number of aliphatic hydroxyl groups excluding tert-OH is 1. The van der Waals surface area contributed by atoms with Crippen molar-refractivity contribution >= 4 is 11.9 Å². The lowest BCUT2D eigenvalue weighted by Crippen LogP contribution is -2.28. The first-order valence-electron chi connectivity index (χ1n) is 32.1. The van der Waals surface area contributed by atoms with Crippen LogP contribution < -0.4 is 0 Å². The molecule has 0 aliphatic carbocycles. The van der Waals surface area contributed by atoms with Gasteiger partial charge in [0, 0.05) is 12.8 Å². The fourth-order valence-electron chi connectivity index (χ4n) is 8.96. The Hall–Kier alpha value is -3.70. The molecule has 0 spiro atoms. The zero-order valence-electron chi connectivity index (χ0n) is 49.7. The number of ether oxygens (including phenoxy) is 2. The molecule has 0 aliphatic rings. The van der Waals surface area contributed by atoms with Crippen LogP contribution in [-0.4, -0.2) is 36.4 Å². The number of unbranched alkanes of at least 4 members (excludes halogenated alkanes) is 30. The van der Waals surface area contributed by atoms with Crippen LogP contribution in [0.2, 0.25) is 0 Å². The topological polar surface area (TPSA) is 72.8 Å². The molecule has 1 N–H and O–H groups in total. The fraction of sp³-hybridized carbons (Fsp3) is 0.690. The van der Waals surface area contributed by atoms with E-state index in [1.807, 2.05) is 0 Å². The van der Waals surface area contributed by atoms with Gasteiger partial charge in [-0.3, -0.25) is 9.59 Å². The number of aliphatic hydroxyl groups is 1. The Labute approximate surface area is 471 Å². The van der Waals surface area contributed by atoms with E-state index in [0.717, 1.165) is 96.3 Å². The molecule has 0 bridgehead atoms. The largest absolute Gasteiger partial charge is 0.462 e. The van der Waals surface area contributed by atoms with Crippen molar-refractivity contribution < 1.29 is 24.2 Å². The second-order valence-electron chi connectivity index (χ2n) is 21.1. The first-order chi connectivity index (χ1) is 37.6. The summed E-state index contributed by atoms with van der Waals surface area (Å²) in [6.45, 7) is 4.03. The van der Waals surface area contributed by atoms with Gasteiger partial charge in [-0.25, -0.2) is 0 Å². The van der Waals surface area contributed by atoms with E-state index in [1.54, 1.807) is 0 Å². The van der Waals surface area contributed by atoms with Gasteiger partial charge < -0.3 is 14.6 Å². The van der Waals surface area contributed by atoms with Gasteiger partial charge in [0.1, 0.15) is 6.61 Å². The monoisotopic (exact) mass is 1050 g/mol. The molecule has 5 nitrogen and oxygen atoms in total. The molecule has 0 fully saturated rings. The highest BCUT2D eigenvalue weighted by molar-refractivity contribution is 5.70. The molecular formula is C71H120O5. The molecular weight excluding hydrogens is 933 g/mol. The van der Waals surface area contributed by atoms with E-state index in [4.69, 9.17) is 9.47 Å². The molecule has 0 aromatic carbocycles. The summed E-state index contributed by atoms with van der Waals surface area (Å²) in [6, 6.07) is 0. The minimum Gasteiger partial charge on any atom is -0.462 e. The lowest BCUT2D eigenvalue weighted by atomic mass is 10.0. The van der Waals surface area contributed by atoms with Gasteiger partial charge in [-0.2, -0.15) is 0 Å². The van der Waals surface area contributed by atoms with Crippen LogP contribution in [0, 0.1) is 0 Å². The number of carbonyl (C=O) groups is 2. The van der Waals surface area contributed by atoms with Crippen molar-refractivity contribution in [3.05, 3.63) is 122 Å². The summed E-state index contributed by atoms with van der Waals surface area (Å²) in [7, 11) is 0. The van der Waals surface area contributed by atoms with Crippen molar-refractivity contribution in [2.75, 3.05) is 13.2 Å². The second kappa shape index (κ2) is 65.6. The van der Waals surface area contributed by atoms with Gasteiger partial charge in [0.2, 0.25) is 0 Å². The molecule has 1 unspecified atom stereocenters. The third-order valence-electron chi connectivity index (χ3n) is 13.7.